The molecule has 1 saturated heterocycles. The maximum Gasteiger partial charge on any atom is 0.407 e. The summed E-state index contributed by atoms with van der Waals surface area (Å²) < 4.78 is 10.8. The Morgan fingerprint density at radius 2 is 2.14 bits per heavy atom. The molecule has 22 heavy (non-hydrogen) atoms. The number of hydrogen-bond donors (Lipinski definition) is 4. The van der Waals surface area contributed by atoms with E-state index in [4.69, 9.17) is 20.6 Å². The monoisotopic (exact) mass is 310 g/mol. The number of amidine groups is 1. The van der Waals surface area contributed by atoms with Crippen molar-refractivity contribution in [3.63, 3.8) is 0 Å². The van der Waals surface area contributed by atoms with Crippen LogP contribution in [-0.4, -0.2) is 42.2 Å². The van der Waals surface area contributed by atoms with E-state index in [0.717, 1.165) is 12.8 Å². The summed E-state index contributed by atoms with van der Waals surface area (Å²) in [6, 6.07) is 0. The summed E-state index contributed by atoms with van der Waals surface area (Å²) in [4.78, 5) is 22.5. The van der Waals surface area contributed by atoms with Crippen molar-refractivity contribution < 1.29 is 19.1 Å². The van der Waals surface area contributed by atoms with Crippen molar-refractivity contribution in [2.45, 2.75) is 50.9 Å². The van der Waals surface area contributed by atoms with Crippen LogP contribution < -0.4 is 16.4 Å². The first-order valence-corrected chi connectivity index (χ1v) is 7.21. The van der Waals surface area contributed by atoms with Crippen LogP contribution in [0.5, 0.6) is 0 Å². The number of carbonyl (C=O) groups is 2. The second-order valence-corrected chi connectivity index (χ2v) is 6.01. The Kier molecular flexibility index (Phi) is 4.70. The van der Waals surface area contributed by atoms with Crippen LogP contribution in [0.15, 0.2) is 11.8 Å². The highest BCUT2D eigenvalue weighted by Gasteiger charge is 2.40. The molecule has 1 aliphatic carbocycles. The zero-order valence-corrected chi connectivity index (χ0v) is 12.8. The van der Waals surface area contributed by atoms with Crippen molar-refractivity contribution in [2.24, 2.45) is 5.73 Å². The van der Waals surface area contributed by atoms with Crippen molar-refractivity contribution in [3.8, 4) is 0 Å². The lowest BCUT2D eigenvalue weighted by atomic mass is 10.1. The van der Waals surface area contributed by atoms with Crippen LogP contribution in [0.2, 0.25) is 0 Å². The van der Waals surface area contributed by atoms with Gasteiger partial charge in [-0.25, -0.2) is 4.79 Å². The Labute approximate surface area is 128 Å². The highest BCUT2D eigenvalue weighted by molar-refractivity contribution is 6.02. The van der Waals surface area contributed by atoms with Gasteiger partial charge < -0.3 is 25.8 Å². The third-order valence-corrected chi connectivity index (χ3v) is 3.63. The number of nitrogens with two attached hydrogens (primary N) is 1. The average molecular weight is 310 g/mol. The molecule has 1 saturated carbocycles. The SMILES string of the molecule is CC(=O)NC(=N)/C=C(\N)[C@@H]1C[C@H](OC(=O)NC2(C)CC2)CO1. The van der Waals surface area contributed by atoms with Gasteiger partial charge in [0.2, 0.25) is 5.91 Å². The second-order valence-electron chi connectivity index (χ2n) is 6.01. The van der Waals surface area contributed by atoms with Gasteiger partial charge >= 0.3 is 6.09 Å². The Morgan fingerprint density at radius 1 is 1.45 bits per heavy atom. The Morgan fingerprint density at radius 3 is 2.73 bits per heavy atom. The summed E-state index contributed by atoms with van der Waals surface area (Å²) in [5.74, 6) is -0.440. The maximum atomic E-state index is 11.7. The van der Waals surface area contributed by atoms with E-state index < -0.39 is 12.2 Å². The summed E-state index contributed by atoms with van der Waals surface area (Å²) in [6.45, 7) is 3.54. The van der Waals surface area contributed by atoms with Crippen LogP contribution in [-0.2, 0) is 14.3 Å². The maximum absolute atomic E-state index is 11.7. The van der Waals surface area contributed by atoms with E-state index in [-0.39, 0.29) is 30.0 Å². The summed E-state index contributed by atoms with van der Waals surface area (Å²) in [6.07, 6.45) is 2.46. The van der Waals surface area contributed by atoms with Crippen LogP contribution in [0, 0.1) is 5.41 Å². The lowest BCUT2D eigenvalue weighted by molar-refractivity contribution is -0.117. The molecule has 5 N–H and O–H groups in total. The first-order valence-electron chi connectivity index (χ1n) is 7.21. The fraction of sp³-hybridized carbons (Fsp3) is 0.643. The molecule has 1 heterocycles. The molecule has 8 nitrogen and oxygen atoms in total. The first-order chi connectivity index (χ1) is 10.3. The predicted octanol–water partition coefficient (Wildman–Crippen LogP) is 0.379. The van der Waals surface area contributed by atoms with Gasteiger partial charge in [-0.05, 0) is 19.8 Å². The van der Waals surface area contributed by atoms with Crippen molar-refractivity contribution in [1.82, 2.24) is 10.6 Å². The molecule has 0 bridgehead atoms. The topological polar surface area (TPSA) is 127 Å². The Hall–Kier alpha value is -2.09. The van der Waals surface area contributed by atoms with E-state index in [1.807, 2.05) is 6.92 Å². The van der Waals surface area contributed by atoms with Crippen molar-refractivity contribution in [2.75, 3.05) is 6.61 Å². The molecule has 0 unspecified atom stereocenters. The largest absolute Gasteiger partial charge is 0.444 e. The molecule has 0 aromatic rings. The predicted molar refractivity (Wildman–Crippen MR) is 79.2 cm³/mol. The van der Waals surface area contributed by atoms with Gasteiger partial charge in [0.25, 0.3) is 0 Å². The number of alkyl carbamates (subject to hydrolysis) is 1. The molecule has 2 rings (SSSR count). The quantitative estimate of drug-likeness (QED) is 0.441. The Balaban J connectivity index is 1.79. The van der Waals surface area contributed by atoms with E-state index in [2.05, 4.69) is 10.6 Å². The van der Waals surface area contributed by atoms with Crippen LogP contribution in [0.3, 0.4) is 0 Å². The molecule has 1 aliphatic heterocycles. The van der Waals surface area contributed by atoms with Gasteiger partial charge in [-0.1, -0.05) is 0 Å². The van der Waals surface area contributed by atoms with Gasteiger partial charge in [0.1, 0.15) is 18.0 Å². The molecule has 0 aromatic heterocycles. The molecule has 0 spiro atoms. The molecule has 2 fully saturated rings. The number of nitrogens with one attached hydrogen (secondary N) is 3. The molecule has 122 valence electrons. The minimum absolute atomic E-state index is 0.0997. The minimum Gasteiger partial charge on any atom is -0.444 e. The fourth-order valence-corrected chi connectivity index (χ4v) is 2.14. The number of amides is 2. The highest BCUT2D eigenvalue weighted by atomic mass is 16.6. The molecule has 2 aliphatic rings. The second kappa shape index (κ2) is 6.35. The molecular weight excluding hydrogens is 288 g/mol. The lowest BCUT2D eigenvalue weighted by Crippen LogP contribution is -2.37. The lowest BCUT2D eigenvalue weighted by Gasteiger charge is -2.15. The zero-order chi connectivity index (χ0) is 16.3. The molecule has 2 atom stereocenters. The van der Waals surface area contributed by atoms with Crippen LogP contribution >= 0.6 is 0 Å². The van der Waals surface area contributed by atoms with Crippen molar-refractivity contribution >= 4 is 17.8 Å². The zero-order valence-electron chi connectivity index (χ0n) is 12.8. The number of rotatable bonds is 4. The summed E-state index contributed by atoms with van der Waals surface area (Å²) in [7, 11) is 0. The average Bonchev–Trinajstić information content (AvgIpc) is 2.92. The van der Waals surface area contributed by atoms with Gasteiger partial charge in [-0.3, -0.25) is 10.2 Å². The normalized spacial score (nSPS) is 26.2. The standard InChI is InChI=1S/C14H22N4O4/c1-8(19)17-12(16)6-10(15)11-5-9(7-21-11)22-13(20)18-14(2)3-4-14/h6,9,11H,3-5,7,15H2,1-2H3,(H,18,20)(H2,16,17,19)/b10-6-/t9-,11-/m0/s1. The highest BCUT2D eigenvalue weighted by Crippen LogP contribution is 2.34. The fourth-order valence-electron chi connectivity index (χ4n) is 2.14. The van der Waals surface area contributed by atoms with E-state index in [1.54, 1.807) is 0 Å². The van der Waals surface area contributed by atoms with E-state index >= 15 is 0 Å². The molecule has 8 heteroatoms. The van der Waals surface area contributed by atoms with Crippen LogP contribution in [0.25, 0.3) is 0 Å². The number of hydrogen-bond acceptors (Lipinski definition) is 6. The first kappa shape index (κ1) is 16.3. The summed E-state index contributed by atoms with van der Waals surface area (Å²) >= 11 is 0. The minimum atomic E-state index is -0.442. The summed E-state index contributed by atoms with van der Waals surface area (Å²) in [5, 5.41) is 12.7. The van der Waals surface area contributed by atoms with Crippen molar-refractivity contribution in [3.05, 3.63) is 11.8 Å². The molecule has 0 aromatic carbocycles. The molecule has 0 radical (unpaired) electrons. The van der Waals surface area contributed by atoms with Crippen LogP contribution in [0.4, 0.5) is 4.79 Å². The van der Waals surface area contributed by atoms with Gasteiger partial charge in [-0.2, -0.15) is 0 Å². The number of ether oxygens (including phenoxy) is 2. The Bertz CT molecular complexity index is 513. The third-order valence-electron chi connectivity index (χ3n) is 3.63. The van der Waals surface area contributed by atoms with E-state index in [1.165, 1.54) is 13.0 Å². The van der Waals surface area contributed by atoms with E-state index in [0.29, 0.717) is 12.1 Å². The van der Waals surface area contributed by atoms with Gasteiger partial charge in [-0.15, -0.1) is 0 Å². The molecule has 2 amide bonds. The smallest absolute Gasteiger partial charge is 0.407 e. The van der Waals surface area contributed by atoms with Crippen LogP contribution in [0.1, 0.15) is 33.1 Å². The van der Waals surface area contributed by atoms with Crippen molar-refractivity contribution in [1.29, 1.82) is 5.41 Å². The van der Waals surface area contributed by atoms with Gasteiger partial charge in [0.15, 0.2) is 0 Å². The van der Waals surface area contributed by atoms with Gasteiger partial charge in [0, 0.05) is 30.7 Å². The number of carbonyl (C=O) groups excluding carboxylic acids is 2. The van der Waals surface area contributed by atoms with E-state index in [9.17, 15) is 9.59 Å². The summed E-state index contributed by atoms with van der Waals surface area (Å²) in [5.41, 5.74) is 6.04. The van der Waals surface area contributed by atoms with Gasteiger partial charge in [0.05, 0.1) is 6.61 Å². The molecular formula is C14H22N4O4. The third kappa shape index (κ3) is 4.73.